The minimum absolute atomic E-state index is 0.479. The van der Waals surface area contributed by atoms with Gasteiger partial charge in [-0.2, -0.15) is 0 Å². The Morgan fingerprint density at radius 2 is 1.83 bits per heavy atom. The molecule has 23 heavy (non-hydrogen) atoms. The number of hydrogen-bond acceptors (Lipinski definition) is 3. The van der Waals surface area contributed by atoms with Crippen LogP contribution in [0.3, 0.4) is 0 Å². The molecule has 0 aromatic heterocycles. The topological polar surface area (TPSA) is 24.5 Å². The van der Waals surface area contributed by atoms with Crippen molar-refractivity contribution in [2.75, 3.05) is 27.2 Å². The number of nitrogens with one attached hydrogen (secondary N) is 1. The van der Waals surface area contributed by atoms with Crippen molar-refractivity contribution in [1.82, 2.24) is 10.2 Å². The zero-order valence-corrected chi connectivity index (χ0v) is 15.0. The van der Waals surface area contributed by atoms with E-state index in [0.29, 0.717) is 16.7 Å². The second-order valence-electron chi connectivity index (χ2n) is 5.65. The third-order valence-electron chi connectivity index (χ3n) is 3.36. The molecule has 1 N–H and O–H groups in total. The molecule has 0 aliphatic heterocycles. The molecule has 2 aromatic rings. The normalized spacial score (nSPS) is 11.0. The van der Waals surface area contributed by atoms with Crippen LogP contribution in [0.5, 0.6) is 5.75 Å². The summed E-state index contributed by atoms with van der Waals surface area (Å²) in [6.45, 7) is 3.10. The van der Waals surface area contributed by atoms with Crippen molar-refractivity contribution in [3.63, 3.8) is 0 Å². The molecule has 0 saturated heterocycles. The van der Waals surface area contributed by atoms with E-state index in [2.05, 4.69) is 24.3 Å². The summed E-state index contributed by atoms with van der Waals surface area (Å²) in [6.07, 6.45) is 0. The number of benzene rings is 2. The smallest absolute Gasteiger partial charge is 0.124 e. The monoisotopic (exact) mass is 352 g/mol. The van der Waals surface area contributed by atoms with E-state index in [0.717, 1.165) is 36.5 Å². The van der Waals surface area contributed by atoms with Crippen LogP contribution in [0, 0.1) is 0 Å². The van der Waals surface area contributed by atoms with Crippen LogP contribution < -0.4 is 10.1 Å². The first-order valence-corrected chi connectivity index (χ1v) is 8.31. The van der Waals surface area contributed by atoms with Crippen molar-refractivity contribution in [2.24, 2.45) is 0 Å². The van der Waals surface area contributed by atoms with E-state index < -0.39 is 0 Å². The molecule has 0 saturated carbocycles. The van der Waals surface area contributed by atoms with Gasteiger partial charge in [0.1, 0.15) is 12.4 Å². The van der Waals surface area contributed by atoms with Crippen molar-refractivity contribution in [1.29, 1.82) is 0 Å². The summed E-state index contributed by atoms with van der Waals surface area (Å²) in [4.78, 5) is 2.14. The van der Waals surface area contributed by atoms with E-state index in [1.807, 2.05) is 42.5 Å². The van der Waals surface area contributed by atoms with Gasteiger partial charge in [0.25, 0.3) is 0 Å². The third-order valence-corrected chi connectivity index (χ3v) is 3.83. The molecule has 124 valence electrons. The lowest BCUT2D eigenvalue weighted by Crippen LogP contribution is -2.26. The van der Waals surface area contributed by atoms with E-state index in [9.17, 15) is 0 Å². The first-order chi connectivity index (χ1) is 11.0. The Kier molecular flexibility index (Phi) is 7.18. The SMILES string of the molecule is CN(C)CCNCc1cc(Cl)ccc1OCc1cccc(Cl)c1. The molecule has 0 fully saturated rings. The maximum absolute atomic E-state index is 6.11. The van der Waals surface area contributed by atoms with Crippen molar-refractivity contribution < 1.29 is 4.74 Å². The molecule has 0 unspecified atom stereocenters. The molecule has 0 radical (unpaired) electrons. The Balaban J connectivity index is 1.97. The van der Waals surface area contributed by atoms with Crippen LogP contribution in [0.1, 0.15) is 11.1 Å². The average molecular weight is 353 g/mol. The van der Waals surface area contributed by atoms with Gasteiger partial charge >= 0.3 is 0 Å². The van der Waals surface area contributed by atoms with Crippen molar-refractivity contribution in [2.45, 2.75) is 13.2 Å². The molecule has 2 rings (SSSR count). The zero-order valence-electron chi connectivity index (χ0n) is 13.5. The maximum atomic E-state index is 6.11. The molecule has 0 heterocycles. The highest BCUT2D eigenvalue weighted by molar-refractivity contribution is 6.30. The molecular weight excluding hydrogens is 331 g/mol. The average Bonchev–Trinajstić information content (AvgIpc) is 2.50. The summed E-state index contributed by atoms with van der Waals surface area (Å²) in [7, 11) is 4.11. The predicted molar refractivity (Wildman–Crippen MR) is 97.5 cm³/mol. The van der Waals surface area contributed by atoms with Crippen LogP contribution in [0.25, 0.3) is 0 Å². The summed E-state index contributed by atoms with van der Waals surface area (Å²) in [5, 5.41) is 4.83. The van der Waals surface area contributed by atoms with Crippen LogP contribution in [-0.2, 0) is 13.2 Å². The van der Waals surface area contributed by atoms with Crippen LogP contribution in [-0.4, -0.2) is 32.1 Å². The van der Waals surface area contributed by atoms with Crippen LogP contribution in [0.15, 0.2) is 42.5 Å². The van der Waals surface area contributed by atoms with Crippen molar-refractivity contribution >= 4 is 23.2 Å². The summed E-state index contributed by atoms with van der Waals surface area (Å²) in [5.74, 6) is 0.840. The van der Waals surface area contributed by atoms with Gasteiger partial charge in [-0.1, -0.05) is 35.3 Å². The second kappa shape index (κ2) is 9.14. The van der Waals surface area contributed by atoms with E-state index >= 15 is 0 Å². The van der Waals surface area contributed by atoms with Crippen molar-refractivity contribution in [3.8, 4) is 5.75 Å². The van der Waals surface area contributed by atoms with Gasteiger partial charge in [0.2, 0.25) is 0 Å². The lowest BCUT2D eigenvalue weighted by Gasteiger charge is -2.14. The first kappa shape index (κ1) is 18.1. The molecular formula is C18H22Cl2N2O. The number of ether oxygens (including phenoxy) is 1. The Morgan fingerprint density at radius 3 is 2.57 bits per heavy atom. The fraction of sp³-hybridized carbons (Fsp3) is 0.333. The minimum atomic E-state index is 0.479. The number of halogens is 2. The summed E-state index contributed by atoms with van der Waals surface area (Å²) >= 11 is 12.1. The summed E-state index contributed by atoms with van der Waals surface area (Å²) in [5.41, 5.74) is 2.09. The third kappa shape index (κ3) is 6.40. The van der Waals surface area contributed by atoms with E-state index in [1.165, 1.54) is 0 Å². The first-order valence-electron chi connectivity index (χ1n) is 7.56. The Hall–Kier alpha value is -1.26. The number of likely N-dealkylation sites (N-methyl/N-ethyl adjacent to an activating group) is 1. The molecule has 0 spiro atoms. The number of rotatable bonds is 8. The second-order valence-corrected chi connectivity index (χ2v) is 6.52. The van der Waals surface area contributed by atoms with Crippen LogP contribution in [0.2, 0.25) is 10.0 Å². The predicted octanol–water partition coefficient (Wildman–Crippen LogP) is 4.22. The lowest BCUT2D eigenvalue weighted by molar-refractivity contribution is 0.302. The molecule has 0 amide bonds. The van der Waals surface area contributed by atoms with Gasteiger partial charge in [0.15, 0.2) is 0 Å². The van der Waals surface area contributed by atoms with Gasteiger partial charge in [-0.25, -0.2) is 0 Å². The van der Waals surface area contributed by atoms with Gasteiger partial charge in [-0.3, -0.25) is 0 Å². The molecule has 0 aliphatic carbocycles. The molecule has 5 heteroatoms. The highest BCUT2D eigenvalue weighted by Crippen LogP contribution is 2.24. The quantitative estimate of drug-likeness (QED) is 0.719. The van der Waals surface area contributed by atoms with Crippen LogP contribution in [0.4, 0.5) is 0 Å². The number of hydrogen-bond donors (Lipinski definition) is 1. The highest BCUT2D eigenvalue weighted by atomic mass is 35.5. The van der Waals surface area contributed by atoms with Gasteiger partial charge < -0.3 is 15.0 Å². The molecule has 2 aromatic carbocycles. The van der Waals surface area contributed by atoms with E-state index in [4.69, 9.17) is 27.9 Å². The summed E-state index contributed by atoms with van der Waals surface area (Å²) < 4.78 is 5.94. The fourth-order valence-corrected chi connectivity index (χ4v) is 2.55. The van der Waals surface area contributed by atoms with E-state index in [-0.39, 0.29) is 0 Å². The van der Waals surface area contributed by atoms with Gasteiger partial charge in [0.05, 0.1) is 0 Å². The largest absolute Gasteiger partial charge is 0.489 e. The standard InChI is InChI=1S/C18H22Cl2N2O/c1-22(2)9-8-21-12-15-11-17(20)6-7-18(15)23-13-14-4-3-5-16(19)10-14/h3-7,10-11,21H,8-9,12-13H2,1-2H3. The lowest BCUT2D eigenvalue weighted by atomic mass is 10.2. The zero-order chi connectivity index (χ0) is 16.7. The number of nitrogens with zero attached hydrogens (tertiary/aromatic N) is 1. The van der Waals surface area contributed by atoms with Gasteiger partial charge in [-0.05, 0) is 50.0 Å². The Labute approximate surface area is 148 Å². The molecule has 0 atom stereocenters. The van der Waals surface area contributed by atoms with Crippen molar-refractivity contribution in [3.05, 3.63) is 63.6 Å². The Morgan fingerprint density at radius 1 is 1.04 bits per heavy atom. The fourth-order valence-electron chi connectivity index (χ4n) is 2.14. The minimum Gasteiger partial charge on any atom is -0.489 e. The highest BCUT2D eigenvalue weighted by Gasteiger charge is 2.06. The van der Waals surface area contributed by atoms with E-state index in [1.54, 1.807) is 0 Å². The molecule has 0 bridgehead atoms. The molecule has 0 aliphatic rings. The van der Waals surface area contributed by atoms with Gasteiger partial charge in [-0.15, -0.1) is 0 Å². The maximum Gasteiger partial charge on any atom is 0.124 e. The summed E-state index contributed by atoms with van der Waals surface area (Å²) in [6, 6.07) is 13.4. The van der Waals surface area contributed by atoms with Crippen LogP contribution >= 0.6 is 23.2 Å². The van der Waals surface area contributed by atoms with Gasteiger partial charge in [0, 0.05) is 35.2 Å². The Bertz CT molecular complexity index is 632. The molecule has 3 nitrogen and oxygen atoms in total.